The lowest BCUT2D eigenvalue weighted by Crippen LogP contribution is -2.30. The fourth-order valence-corrected chi connectivity index (χ4v) is 2.99. The molecule has 2 unspecified atom stereocenters. The fraction of sp³-hybridized carbons (Fsp3) is 0.625. The van der Waals surface area contributed by atoms with E-state index in [1.165, 1.54) is 22.9 Å². The minimum Gasteiger partial charge on any atom is -0.338 e. The average molecular weight is 311 g/mol. The maximum absolute atomic E-state index is 12.8. The van der Waals surface area contributed by atoms with Crippen molar-refractivity contribution in [2.45, 2.75) is 40.8 Å². The number of halogens is 2. The smallest absolute Gasteiger partial charge is 0.319 e. The van der Waals surface area contributed by atoms with Gasteiger partial charge in [0.1, 0.15) is 5.82 Å². The summed E-state index contributed by atoms with van der Waals surface area (Å²) in [4.78, 5) is 18.0. The van der Waals surface area contributed by atoms with Crippen LogP contribution in [0, 0.1) is 17.3 Å². The predicted octanol–water partition coefficient (Wildman–Crippen LogP) is 3.48. The molecule has 0 N–H and O–H groups in total. The molecule has 0 aromatic carbocycles. The third-order valence-corrected chi connectivity index (χ3v) is 4.40. The van der Waals surface area contributed by atoms with Gasteiger partial charge in [-0.1, -0.05) is 25.5 Å². The van der Waals surface area contributed by atoms with Crippen LogP contribution in [0.15, 0.2) is 24.0 Å². The molecule has 1 aliphatic rings. The molecule has 1 amide bonds. The van der Waals surface area contributed by atoms with Crippen LogP contribution < -0.4 is 0 Å². The van der Waals surface area contributed by atoms with Crippen LogP contribution in [0.1, 0.15) is 40.1 Å². The number of hydrogen-bond acceptors (Lipinski definition) is 2. The Kier molecular flexibility index (Phi) is 4.40. The molecule has 0 radical (unpaired) electrons. The standard InChI is InChI=1S/C16H23F2N3O/c1-10(2)8-11-13(16(11,3)4)14(22)20(5)9-12-19-6-7-21(12)15(17)18/h6-8,11,13,15H,9H2,1-5H3. The number of nitrogens with zero attached hydrogens (tertiary/aromatic N) is 3. The molecule has 1 heterocycles. The first kappa shape index (κ1) is 16.6. The van der Waals surface area contributed by atoms with Crippen molar-refractivity contribution < 1.29 is 13.6 Å². The van der Waals surface area contributed by atoms with Crippen molar-refractivity contribution in [3.63, 3.8) is 0 Å². The molecular formula is C16H23F2N3O. The first-order chi connectivity index (χ1) is 10.2. The van der Waals surface area contributed by atoms with E-state index in [1.54, 1.807) is 7.05 Å². The Morgan fingerprint density at radius 3 is 2.68 bits per heavy atom. The van der Waals surface area contributed by atoms with Gasteiger partial charge in [-0.2, -0.15) is 8.78 Å². The molecule has 2 rings (SSSR count). The van der Waals surface area contributed by atoms with Gasteiger partial charge in [0.05, 0.1) is 12.5 Å². The number of carbonyl (C=O) groups excluding carboxylic acids is 1. The van der Waals surface area contributed by atoms with Gasteiger partial charge in [-0.15, -0.1) is 0 Å². The molecule has 6 heteroatoms. The van der Waals surface area contributed by atoms with Gasteiger partial charge >= 0.3 is 6.55 Å². The van der Waals surface area contributed by atoms with Crippen molar-refractivity contribution in [2.24, 2.45) is 17.3 Å². The van der Waals surface area contributed by atoms with Crippen LogP contribution in [-0.2, 0) is 11.3 Å². The molecule has 22 heavy (non-hydrogen) atoms. The Labute approximate surface area is 129 Å². The summed E-state index contributed by atoms with van der Waals surface area (Å²) < 4.78 is 26.4. The van der Waals surface area contributed by atoms with E-state index < -0.39 is 6.55 Å². The maximum Gasteiger partial charge on any atom is 0.319 e. The SMILES string of the molecule is CC(C)=CC1C(C(=O)N(C)Cc2nccn2C(F)F)C1(C)C. The van der Waals surface area contributed by atoms with Gasteiger partial charge in [0.15, 0.2) is 0 Å². The van der Waals surface area contributed by atoms with E-state index in [0.29, 0.717) is 0 Å². The van der Waals surface area contributed by atoms with Gasteiger partial charge < -0.3 is 4.90 Å². The molecule has 0 saturated heterocycles. The van der Waals surface area contributed by atoms with Crippen molar-refractivity contribution >= 4 is 5.91 Å². The maximum atomic E-state index is 12.8. The summed E-state index contributed by atoms with van der Waals surface area (Å²) in [6.45, 7) is 5.60. The number of carbonyl (C=O) groups is 1. The first-order valence-corrected chi connectivity index (χ1v) is 7.36. The first-order valence-electron chi connectivity index (χ1n) is 7.36. The van der Waals surface area contributed by atoms with Crippen LogP contribution in [0.2, 0.25) is 0 Å². The summed E-state index contributed by atoms with van der Waals surface area (Å²) in [6.07, 6.45) is 4.68. The van der Waals surface area contributed by atoms with Crippen LogP contribution in [0.25, 0.3) is 0 Å². The highest BCUT2D eigenvalue weighted by molar-refractivity contribution is 5.83. The van der Waals surface area contributed by atoms with E-state index in [-0.39, 0.29) is 35.5 Å². The molecule has 1 aromatic heterocycles. The quantitative estimate of drug-likeness (QED) is 0.781. The zero-order valence-electron chi connectivity index (χ0n) is 13.7. The summed E-state index contributed by atoms with van der Waals surface area (Å²) in [5.41, 5.74) is 1.10. The molecular weight excluding hydrogens is 288 g/mol. The molecule has 2 atom stereocenters. The monoisotopic (exact) mass is 311 g/mol. The van der Waals surface area contributed by atoms with E-state index in [1.807, 2.05) is 13.8 Å². The number of aromatic nitrogens is 2. The fourth-order valence-electron chi connectivity index (χ4n) is 2.99. The molecule has 0 bridgehead atoms. The number of imidazole rings is 1. The molecule has 0 aliphatic heterocycles. The molecule has 1 aromatic rings. The van der Waals surface area contributed by atoms with Crippen molar-refractivity contribution in [2.75, 3.05) is 7.05 Å². The van der Waals surface area contributed by atoms with Gasteiger partial charge in [-0.05, 0) is 25.2 Å². The van der Waals surface area contributed by atoms with Crippen LogP contribution in [0.4, 0.5) is 8.78 Å². The highest BCUT2D eigenvalue weighted by atomic mass is 19.3. The van der Waals surface area contributed by atoms with E-state index in [0.717, 1.165) is 4.57 Å². The summed E-state index contributed by atoms with van der Waals surface area (Å²) in [7, 11) is 1.64. The summed E-state index contributed by atoms with van der Waals surface area (Å²) in [5.74, 6) is 0.295. The van der Waals surface area contributed by atoms with E-state index in [2.05, 4.69) is 24.9 Å². The van der Waals surface area contributed by atoms with Gasteiger partial charge in [-0.25, -0.2) is 4.98 Å². The third-order valence-electron chi connectivity index (χ3n) is 4.40. The minimum absolute atomic E-state index is 0.0173. The second-order valence-electron chi connectivity index (χ2n) is 6.79. The highest BCUT2D eigenvalue weighted by Crippen LogP contribution is 2.60. The Balaban J connectivity index is 2.07. The normalized spacial score (nSPS) is 22.5. The van der Waals surface area contributed by atoms with Crippen molar-refractivity contribution in [1.29, 1.82) is 0 Å². The van der Waals surface area contributed by atoms with Crippen LogP contribution >= 0.6 is 0 Å². The second kappa shape index (κ2) is 5.82. The second-order valence-corrected chi connectivity index (χ2v) is 6.79. The van der Waals surface area contributed by atoms with Crippen LogP contribution in [0.5, 0.6) is 0 Å². The topological polar surface area (TPSA) is 38.1 Å². The number of hydrogen-bond donors (Lipinski definition) is 0. The van der Waals surface area contributed by atoms with Crippen LogP contribution in [-0.4, -0.2) is 27.4 Å². The lowest BCUT2D eigenvalue weighted by Gasteiger charge is -2.18. The minimum atomic E-state index is -2.64. The van der Waals surface area contributed by atoms with Crippen molar-refractivity contribution in [1.82, 2.24) is 14.5 Å². The van der Waals surface area contributed by atoms with E-state index in [9.17, 15) is 13.6 Å². The van der Waals surface area contributed by atoms with Gasteiger partial charge in [-0.3, -0.25) is 9.36 Å². The highest BCUT2D eigenvalue weighted by Gasteiger charge is 2.60. The largest absolute Gasteiger partial charge is 0.338 e. The number of rotatable bonds is 5. The molecule has 1 saturated carbocycles. The molecule has 0 spiro atoms. The third kappa shape index (κ3) is 3.05. The predicted molar refractivity (Wildman–Crippen MR) is 80.1 cm³/mol. The molecule has 122 valence electrons. The lowest BCUT2D eigenvalue weighted by atomic mass is 10.1. The van der Waals surface area contributed by atoms with E-state index in [4.69, 9.17) is 0 Å². The molecule has 1 fully saturated rings. The van der Waals surface area contributed by atoms with Gasteiger partial charge in [0.25, 0.3) is 0 Å². The van der Waals surface area contributed by atoms with Gasteiger partial charge in [0.2, 0.25) is 5.91 Å². The summed E-state index contributed by atoms with van der Waals surface area (Å²) in [5, 5.41) is 0. The average Bonchev–Trinajstić information content (AvgIpc) is 2.76. The van der Waals surface area contributed by atoms with Crippen LogP contribution in [0.3, 0.4) is 0 Å². The lowest BCUT2D eigenvalue weighted by molar-refractivity contribution is -0.132. The Morgan fingerprint density at radius 2 is 2.14 bits per heavy atom. The number of amides is 1. The Bertz CT molecular complexity index is 588. The van der Waals surface area contributed by atoms with Crippen molar-refractivity contribution in [3.8, 4) is 0 Å². The molecule has 1 aliphatic carbocycles. The zero-order valence-corrected chi connectivity index (χ0v) is 13.7. The van der Waals surface area contributed by atoms with Crippen molar-refractivity contribution in [3.05, 3.63) is 29.9 Å². The number of alkyl halides is 2. The zero-order chi connectivity index (χ0) is 16.7. The molecule has 4 nitrogen and oxygen atoms in total. The summed E-state index contributed by atoms with van der Waals surface area (Å²) >= 11 is 0. The Hall–Kier alpha value is -1.72. The Morgan fingerprint density at radius 1 is 1.50 bits per heavy atom. The van der Waals surface area contributed by atoms with Gasteiger partial charge in [0, 0.05) is 19.4 Å². The number of allylic oxidation sites excluding steroid dienone is 2. The summed E-state index contributed by atoms with van der Waals surface area (Å²) in [6, 6.07) is 0. The van der Waals surface area contributed by atoms with E-state index >= 15 is 0 Å².